The molecule has 24 heavy (non-hydrogen) atoms. The molecule has 2 nitrogen and oxygen atoms in total. The van der Waals surface area contributed by atoms with Gasteiger partial charge < -0.3 is 0 Å². The number of benzene rings is 2. The predicted molar refractivity (Wildman–Crippen MR) is 96.9 cm³/mol. The molecule has 0 radical (unpaired) electrons. The van der Waals surface area contributed by atoms with Crippen LogP contribution in [-0.4, -0.2) is 24.3 Å². The molecule has 1 aliphatic carbocycles. The van der Waals surface area contributed by atoms with Gasteiger partial charge in [0, 0.05) is 17.9 Å². The normalized spacial score (nSPS) is 30.8. The van der Waals surface area contributed by atoms with Crippen molar-refractivity contribution in [3.8, 4) is 0 Å². The molecule has 2 heteroatoms. The van der Waals surface area contributed by atoms with Crippen molar-refractivity contribution in [1.29, 1.82) is 0 Å². The van der Waals surface area contributed by atoms with E-state index in [0.29, 0.717) is 18.1 Å². The van der Waals surface area contributed by atoms with Crippen LogP contribution in [0.1, 0.15) is 48.8 Å². The highest BCUT2D eigenvalue weighted by Gasteiger charge is 2.54. The molecule has 4 rings (SSSR count). The molecule has 1 heterocycles. The summed E-state index contributed by atoms with van der Waals surface area (Å²) in [6, 6.07) is 21.4. The van der Waals surface area contributed by atoms with Crippen LogP contribution in [0, 0.1) is 5.41 Å². The summed E-state index contributed by atoms with van der Waals surface area (Å²) < 4.78 is 0. The number of ketones is 1. The number of hydrogen-bond acceptors (Lipinski definition) is 2. The fourth-order valence-corrected chi connectivity index (χ4v) is 5.06. The molecule has 1 spiro atoms. The number of carbonyl (C=O) groups is 1. The minimum atomic E-state index is -0.213. The number of piperidine rings is 1. The van der Waals surface area contributed by atoms with Gasteiger partial charge in [0.1, 0.15) is 5.78 Å². The molecule has 124 valence electrons. The summed E-state index contributed by atoms with van der Waals surface area (Å²) in [7, 11) is 2.18. The summed E-state index contributed by atoms with van der Waals surface area (Å²) in [6.07, 6.45) is 3.83. The summed E-state index contributed by atoms with van der Waals surface area (Å²) in [5.41, 5.74) is 2.40. The highest BCUT2D eigenvalue weighted by Crippen LogP contribution is 2.56. The van der Waals surface area contributed by atoms with Gasteiger partial charge in [-0.05, 0) is 49.9 Å². The van der Waals surface area contributed by atoms with E-state index in [4.69, 9.17) is 0 Å². The Morgan fingerprint density at radius 3 is 2.25 bits per heavy atom. The van der Waals surface area contributed by atoms with Crippen LogP contribution in [0.3, 0.4) is 0 Å². The lowest BCUT2D eigenvalue weighted by Gasteiger charge is -2.46. The molecule has 1 aliphatic heterocycles. The van der Waals surface area contributed by atoms with Crippen molar-refractivity contribution in [3.63, 3.8) is 0 Å². The van der Waals surface area contributed by atoms with E-state index in [2.05, 4.69) is 72.6 Å². The molecule has 2 aromatic rings. The Labute approximate surface area is 144 Å². The standard InChI is InChI=1S/C22H25NO/c1-23-14-8-13-22(21(23)18-11-6-3-7-12-18)16-19(15-20(22)24)17-9-4-2-5-10-17/h2-7,9-12,19,21H,8,13-16H2,1H3/t19?,21-,22-/m0/s1. The molecule has 2 fully saturated rings. The van der Waals surface area contributed by atoms with Crippen molar-refractivity contribution < 1.29 is 4.79 Å². The van der Waals surface area contributed by atoms with Crippen LogP contribution in [0.2, 0.25) is 0 Å². The topological polar surface area (TPSA) is 20.3 Å². The Morgan fingerprint density at radius 1 is 0.958 bits per heavy atom. The van der Waals surface area contributed by atoms with Gasteiger partial charge in [0.05, 0.1) is 0 Å². The Morgan fingerprint density at radius 2 is 1.58 bits per heavy atom. The first-order chi connectivity index (χ1) is 11.7. The zero-order chi connectivity index (χ0) is 16.6. The maximum atomic E-state index is 13.2. The number of carbonyl (C=O) groups excluding carboxylic acids is 1. The van der Waals surface area contributed by atoms with Crippen LogP contribution >= 0.6 is 0 Å². The van der Waals surface area contributed by atoms with Gasteiger partial charge in [0.15, 0.2) is 0 Å². The molecule has 2 aliphatic rings. The Bertz CT molecular complexity index is 711. The molecule has 0 bridgehead atoms. The lowest BCUT2D eigenvalue weighted by Crippen LogP contribution is -2.46. The van der Waals surface area contributed by atoms with Gasteiger partial charge in [0.2, 0.25) is 0 Å². The van der Waals surface area contributed by atoms with E-state index < -0.39 is 0 Å². The largest absolute Gasteiger partial charge is 0.299 e. The van der Waals surface area contributed by atoms with Gasteiger partial charge in [-0.1, -0.05) is 60.7 Å². The van der Waals surface area contributed by atoms with E-state index in [9.17, 15) is 4.79 Å². The third-order valence-electron chi connectivity index (χ3n) is 6.08. The van der Waals surface area contributed by atoms with Gasteiger partial charge in [-0.3, -0.25) is 9.69 Å². The summed E-state index contributed by atoms with van der Waals surface area (Å²) in [5, 5.41) is 0. The van der Waals surface area contributed by atoms with Gasteiger partial charge >= 0.3 is 0 Å². The molecular weight excluding hydrogens is 294 g/mol. The first-order valence-electron chi connectivity index (χ1n) is 9.04. The van der Waals surface area contributed by atoms with Crippen molar-refractivity contribution >= 4 is 5.78 Å². The van der Waals surface area contributed by atoms with E-state index in [1.807, 2.05) is 0 Å². The maximum Gasteiger partial charge on any atom is 0.141 e. The average Bonchev–Trinajstić information content (AvgIpc) is 2.93. The van der Waals surface area contributed by atoms with Crippen molar-refractivity contribution in [2.24, 2.45) is 5.41 Å². The van der Waals surface area contributed by atoms with Crippen molar-refractivity contribution in [2.75, 3.05) is 13.6 Å². The van der Waals surface area contributed by atoms with Crippen LogP contribution in [0.25, 0.3) is 0 Å². The van der Waals surface area contributed by atoms with Gasteiger partial charge in [0.25, 0.3) is 0 Å². The molecule has 0 aromatic heterocycles. The van der Waals surface area contributed by atoms with E-state index >= 15 is 0 Å². The van der Waals surface area contributed by atoms with Gasteiger partial charge in [-0.25, -0.2) is 0 Å². The van der Waals surface area contributed by atoms with E-state index in [1.165, 1.54) is 11.1 Å². The Kier molecular flexibility index (Phi) is 4.01. The molecule has 1 saturated carbocycles. The second-order valence-electron chi connectivity index (χ2n) is 7.49. The summed E-state index contributed by atoms with van der Waals surface area (Å²) in [4.78, 5) is 15.6. The zero-order valence-corrected chi connectivity index (χ0v) is 14.3. The average molecular weight is 319 g/mol. The molecular formula is C22H25NO. The smallest absolute Gasteiger partial charge is 0.141 e. The zero-order valence-electron chi connectivity index (χ0n) is 14.3. The summed E-state index contributed by atoms with van der Waals surface area (Å²) in [5.74, 6) is 0.841. The number of nitrogens with zero attached hydrogens (tertiary/aromatic N) is 1. The monoisotopic (exact) mass is 319 g/mol. The van der Waals surface area contributed by atoms with Crippen LogP contribution in [-0.2, 0) is 4.79 Å². The quantitative estimate of drug-likeness (QED) is 0.807. The first kappa shape index (κ1) is 15.6. The van der Waals surface area contributed by atoms with Crippen molar-refractivity contribution in [1.82, 2.24) is 4.90 Å². The van der Waals surface area contributed by atoms with Crippen molar-refractivity contribution in [2.45, 2.75) is 37.6 Å². The van der Waals surface area contributed by atoms with Gasteiger partial charge in [-0.15, -0.1) is 0 Å². The highest BCUT2D eigenvalue weighted by atomic mass is 16.1. The lowest BCUT2D eigenvalue weighted by molar-refractivity contribution is -0.132. The number of Topliss-reactive ketones (excluding diaryl/α,β-unsaturated/α-hetero) is 1. The van der Waals surface area contributed by atoms with Crippen LogP contribution in [0.4, 0.5) is 0 Å². The van der Waals surface area contributed by atoms with Crippen LogP contribution in [0.15, 0.2) is 60.7 Å². The summed E-state index contributed by atoms with van der Waals surface area (Å²) >= 11 is 0. The fourth-order valence-electron chi connectivity index (χ4n) is 5.06. The molecule has 0 amide bonds. The molecule has 2 aromatic carbocycles. The third kappa shape index (κ3) is 2.50. The second-order valence-corrected chi connectivity index (χ2v) is 7.49. The molecule has 1 unspecified atom stereocenters. The predicted octanol–water partition coefficient (Wildman–Crippen LogP) is 4.59. The number of hydrogen-bond donors (Lipinski definition) is 0. The highest BCUT2D eigenvalue weighted by molar-refractivity contribution is 5.89. The maximum absolute atomic E-state index is 13.2. The van der Waals surface area contributed by atoms with Crippen LogP contribution < -0.4 is 0 Å². The summed E-state index contributed by atoms with van der Waals surface area (Å²) in [6.45, 7) is 1.07. The Balaban J connectivity index is 1.72. The van der Waals surface area contributed by atoms with E-state index in [0.717, 1.165) is 25.8 Å². The number of likely N-dealkylation sites (tertiary alicyclic amines) is 1. The minimum absolute atomic E-state index is 0.213. The molecule has 1 saturated heterocycles. The number of rotatable bonds is 2. The van der Waals surface area contributed by atoms with Crippen molar-refractivity contribution in [3.05, 3.63) is 71.8 Å². The van der Waals surface area contributed by atoms with Gasteiger partial charge in [-0.2, -0.15) is 0 Å². The SMILES string of the molecule is CN1CCC[C@@]2(CC(c3ccccc3)CC2=O)[C@@H]1c1ccccc1. The first-order valence-corrected chi connectivity index (χ1v) is 9.04. The molecule has 0 N–H and O–H groups in total. The molecule has 3 atom stereocenters. The third-order valence-corrected chi connectivity index (χ3v) is 6.08. The van der Waals surface area contributed by atoms with E-state index in [-0.39, 0.29) is 11.5 Å². The minimum Gasteiger partial charge on any atom is -0.299 e. The second kappa shape index (κ2) is 6.18. The fraction of sp³-hybridized carbons (Fsp3) is 0.409. The lowest BCUT2D eigenvalue weighted by atomic mass is 9.68. The van der Waals surface area contributed by atoms with E-state index in [1.54, 1.807) is 0 Å². The Hall–Kier alpha value is -1.93. The van der Waals surface area contributed by atoms with Crippen LogP contribution in [0.5, 0.6) is 0 Å².